The van der Waals surface area contributed by atoms with Crippen LogP contribution in [0.5, 0.6) is 0 Å². The highest BCUT2D eigenvalue weighted by atomic mass is 16.5. The molecule has 3 nitrogen and oxygen atoms in total. The Bertz CT molecular complexity index is 467. The molecule has 0 bridgehead atoms. The molecule has 22 heavy (non-hydrogen) atoms. The van der Waals surface area contributed by atoms with Crippen molar-refractivity contribution in [1.82, 2.24) is 0 Å². The third kappa shape index (κ3) is 5.42. The van der Waals surface area contributed by atoms with E-state index in [2.05, 4.69) is 45.0 Å². The molecule has 1 aromatic rings. The third-order valence-electron chi connectivity index (χ3n) is 4.40. The highest BCUT2D eigenvalue weighted by Gasteiger charge is 2.38. The second kappa shape index (κ2) is 6.73. The largest absolute Gasteiger partial charge is 0.454 e. The first-order chi connectivity index (χ1) is 9.83. The van der Waals surface area contributed by atoms with Gasteiger partial charge in [-0.05, 0) is 57.0 Å². The molecule has 0 heterocycles. The number of rotatable bonds is 6. The van der Waals surface area contributed by atoms with Crippen LogP contribution in [0.4, 0.5) is 0 Å². The zero-order chi connectivity index (χ0) is 17.2. The van der Waals surface area contributed by atoms with Crippen LogP contribution in [0.15, 0.2) is 24.3 Å². The molecule has 124 valence electrons. The fraction of sp³-hybridized carbons (Fsp3) is 0.667. The van der Waals surface area contributed by atoms with Crippen molar-refractivity contribution in [2.24, 2.45) is 0 Å². The Morgan fingerprint density at radius 3 is 1.86 bits per heavy atom. The van der Waals surface area contributed by atoms with Crippen molar-refractivity contribution in [1.29, 1.82) is 0 Å². The Labute approximate surface area is 135 Å². The lowest BCUT2D eigenvalue weighted by molar-refractivity contribution is -0.0999. The van der Waals surface area contributed by atoms with Gasteiger partial charge in [-0.2, -0.15) is 0 Å². The smallest absolute Gasteiger partial charge is 0.427 e. The molecule has 0 aliphatic rings. The minimum Gasteiger partial charge on any atom is -0.427 e. The van der Waals surface area contributed by atoms with Gasteiger partial charge in [-0.25, -0.2) is 0 Å². The molecule has 1 rings (SSSR count). The maximum atomic E-state index is 10.1. The van der Waals surface area contributed by atoms with E-state index >= 15 is 0 Å². The van der Waals surface area contributed by atoms with Crippen LogP contribution in [0.3, 0.4) is 0 Å². The van der Waals surface area contributed by atoms with E-state index in [0.29, 0.717) is 6.32 Å². The van der Waals surface area contributed by atoms with E-state index in [1.54, 1.807) is 27.7 Å². The van der Waals surface area contributed by atoms with Crippen LogP contribution >= 0.6 is 0 Å². The van der Waals surface area contributed by atoms with Gasteiger partial charge in [0.2, 0.25) is 0 Å². The first-order valence-corrected chi connectivity index (χ1v) is 8.00. The van der Waals surface area contributed by atoms with Gasteiger partial charge in [-0.1, -0.05) is 45.0 Å². The molecule has 0 spiro atoms. The van der Waals surface area contributed by atoms with Crippen LogP contribution in [0, 0.1) is 0 Å². The van der Waals surface area contributed by atoms with Gasteiger partial charge in [0.15, 0.2) is 0 Å². The van der Waals surface area contributed by atoms with E-state index < -0.39 is 18.3 Å². The van der Waals surface area contributed by atoms with Crippen LogP contribution in [0.25, 0.3) is 0 Å². The Balaban J connectivity index is 2.56. The van der Waals surface area contributed by atoms with E-state index in [1.165, 1.54) is 11.1 Å². The summed E-state index contributed by atoms with van der Waals surface area (Å²) in [5.41, 5.74) is 0.816. The van der Waals surface area contributed by atoms with E-state index in [1.807, 2.05) is 0 Å². The first kappa shape index (κ1) is 19.2. The molecule has 0 fully saturated rings. The summed E-state index contributed by atoms with van der Waals surface area (Å²) in [6, 6.07) is 8.50. The Morgan fingerprint density at radius 2 is 1.45 bits per heavy atom. The SMILES string of the molecule is CC(C)(C)c1ccc(CCB(O)OC(C)(C)C(C)(C)O)cc1. The maximum absolute atomic E-state index is 10.1. The Morgan fingerprint density at radius 1 is 0.955 bits per heavy atom. The number of benzene rings is 1. The van der Waals surface area contributed by atoms with Gasteiger partial charge in [0.25, 0.3) is 0 Å². The highest BCUT2D eigenvalue weighted by Crippen LogP contribution is 2.26. The lowest BCUT2D eigenvalue weighted by Gasteiger charge is -2.38. The summed E-state index contributed by atoms with van der Waals surface area (Å²) in [4.78, 5) is 0. The molecule has 0 radical (unpaired) electrons. The van der Waals surface area contributed by atoms with Crippen molar-refractivity contribution in [3.8, 4) is 0 Å². The van der Waals surface area contributed by atoms with E-state index in [4.69, 9.17) is 4.65 Å². The molecular formula is C18H31BO3. The Kier molecular flexibility index (Phi) is 5.88. The van der Waals surface area contributed by atoms with Gasteiger partial charge >= 0.3 is 7.12 Å². The van der Waals surface area contributed by atoms with E-state index in [9.17, 15) is 10.1 Å². The van der Waals surface area contributed by atoms with Crippen LogP contribution < -0.4 is 0 Å². The summed E-state index contributed by atoms with van der Waals surface area (Å²) in [6.45, 7) is 13.5. The van der Waals surface area contributed by atoms with Gasteiger partial charge in [-0.3, -0.25) is 0 Å². The van der Waals surface area contributed by atoms with Gasteiger partial charge in [0.1, 0.15) is 0 Å². The van der Waals surface area contributed by atoms with Crippen molar-refractivity contribution in [2.75, 3.05) is 0 Å². The molecule has 0 unspecified atom stereocenters. The second-order valence-electron chi connectivity index (χ2n) is 8.13. The fourth-order valence-electron chi connectivity index (χ4n) is 2.00. The van der Waals surface area contributed by atoms with E-state index in [0.717, 1.165) is 6.42 Å². The number of aryl methyl sites for hydroxylation is 1. The standard InChI is InChI=1S/C18H31BO3/c1-16(2,3)15-10-8-14(9-11-15)12-13-19(21)22-18(6,7)17(4,5)20/h8-11,20-21H,12-13H2,1-7H3. The monoisotopic (exact) mass is 306 g/mol. The molecule has 0 aromatic heterocycles. The van der Waals surface area contributed by atoms with Gasteiger partial charge in [-0.15, -0.1) is 0 Å². The third-order valence-corrected chi connectivity index (χ3v) is 4.40. The molecule has 0 amide bonds. The highest BCUT2D eigenvalue weighted by molar-refractivity contribution is 6.42. The van der Waals surface area contributed by atoms with Gasteiger partial charge in [0, 0.05) is 0 Å². The summed E-state index contributed by atoms with van der Waals surface area (Å²) >= 11 is 0. The molecule has 2 N–H and O–H groups in total. The molecule has 0 atom stereocenters. The first-order valence-electron chi connectivity index (χ1n) is 8.00. The Hall–Kier alpha value is -0.835. The second-order valence-corrected chi connectivity index (χ2v) is 8.13. The average Bonchev–Trinajstić information content (AvgIpc) is 2.34. The maximum Gasteiger partial charge on any atom is 0.454 e. The molecule has 4 heteroatoms. The topological polar surface area (TPSA) is 49.7 Å². The van der Waals surface area contributed by atoms with Crippen molar-refractivity contribution < 1.29 is 14.8 Å². The zero-order valence-electron chi connectivity index (χ0n) is 15.1. The van der Waals surface area contributed by atoms with Gasteiger partial charge in [0.05, 0.1) is 11.2 Å². The minimum absolute atomic E-state index is 0.151. The number of hydrogen-bond donors (Lipinski definition) is 2. The van der Waals surface area contributed by atoms with Crippen molar-refractivity contribution in [3.63, 3.8) is 0 Å². The predicted molar refractivity (Wildman–Crippen MR) is 93.1 cm³/mol. The summed E-state index contributed by atoms with van der Waals surface area (Å²) in [6.07, 6.45) is 1.25. The van der Waals surface area contributed by atoms with Crippen LogP contribution in [0.2, 0.25) is 6.32 Å². The normalized spacial score (nSPS) is 13.3. The van der Waals surface area contributed by atoms with Crippen molar-refractivity contribution in [3.05, 3.63) is 35.4 Å². The lowest BCUT2D eigenvalue weighted by atomic mass is 9.78. The molecule has 0 aliphatic heterocycles. The fourth-order valence-corrected chi connectivity index (χ4v) is 2.00. The van der Waals surface area contributed by atoms with Crippen LogP contribution in [0.1, 0.15) is 59.6 Å². The quantitative estimate of drug-likeness (QED) is 0.790. The summed E-state index contributed by atoms with van der Waals surface area (Å²) in [5.74, 6) is 0. The number of aliphatic hydroxyl groups is 1. The minimum atomic E-state index is -1.01. The van der Waals surface area contributed by atoms with E-state index in [-0.39, 0.29) is 5.41 Å². The predicted octanol–water partition coefficient (Wildman–Crippen LogP) is 3.57. The lowest BCUT2D eigenvalue weighted by Crippen LogP contribution is -2.50. The average molecular weight is 306 g/mol. The van der Waals surface area contributed by atoms with Crippen molar-refractivity contribution >= 4 is 7.12 Å². The molecular weight excluding hydrogens is 275 g/mol. The van der Waals surface area contributed by atoms with Crippen molar-refractivity contribution in [2.45, 2.75) is 77.8 Å². The van der Waals surface area contributed by atoms with Crippen LogP contribution in [-0.4, -0.2) is 28.5 Å². The number of hydrogen-bond acceptors (Lipinski definition) is 3. The summed E-state index contributed by atoms with van der Waals surface area (Å²) in [7, 11) is -0.885. The molecule has 0 saturated heterocycles. The molecule has 0 saturated carbocycles. The summed E-state index contributed by atoms with van der Waals surface area (Å²) < 4.78 is 5.61. The van der Waals surface area contributed by atoms with Gasteiger partial charge < -0.3 is 14.8 Å². The van der Waals surface area contributed by atoms with Crippen LogP contribution in [-0.2, 0) is 16.5 Å². The summed E-state index contributed by atoms with van der Waals surface area (Å²) in [5, 5.41) is 20.1. The molecule has 1 aromatic carbocycles. The molecule has 0 aliphatic carbocycles. The zero-order valence-corrected chi connectivity index (χ0v) is 15.1.